The van der Waals surface area contributed by atoms with Crippen LogP contribution in [0.2, 0.25) is 0 Å². The second-order valence-corrected chi connectivity index (χ2v) is 6.87. The fourth-order valence-corrected chi connectivity index (χ4v) is 3.49. The van der Waals surface area contributed by atoms with Gasteiger partial charge in [-0.25, -0.2) is 4.79 Å². The van der Waals surface area contributed by atoms with E-state index in [1.54, 1.807) is 6.07 Å². The van der Waals surface area contributed by atoms with E-state index in [0.717, 1.165) is 33.9 Å². The maximum absolute atomic E-state index is 12.2. The average molecular weight is 398 g/mol. The molecule has 2 aromatic carbocycles. The van der Waals surface area contributed by atoms with Gasteiger partial charge in [-0.1, -0.05) is 43.3 Å². The Bertz CT molecular complexity index is 1180. The van der Waals surface area contributed by atoms with Gasteiger partial charge in [0, 0.05) is 23.7 Å². The first-order valence-electron chi connectivity index (χ1n) is 9.78. The van der Waals surface area contributed by atoms with E-state index >= 15 is 0 Å². The van der Waals surface area contributed by atoms with Crippen LogP contribution in [0.1, 0.15) is 28.7 Å². The minimum atomic E-state index is -0.365. The van der Waals surface area contributed by atoms with Gasteiger partial charge in [0.2, 0.25) is 0 Å². The van der Waals surface area contributed by atoms with Gasteiger partial charge in [-0.05, 0) is 36.8 Å². The van der Waals surface area contributed by atoms with Crippen LogP contribution in [-0.4, -0.2) is 32.8 Å². The maximum Gasteiger partial charge on any atom is 0.338 e. The largest absolute Gasteiger partial charge is 0.465 e. The number of methoxy groups -OCH3 is 1. The summed E-state index contributed by atoms with van der Waals surface area (Å²) in [4.78, 5) is 16.8. The average Bonchev–Trinajstić information content (AvgIpc) is 3.23. The minimum absolute atomic E-state index is 0.365. The number of hydrogen-bond acceptors (Lipinski definition) is 5. The molecule has 2 aromatic heterocycles. The third-order valence-corrected chi connectivity index (χ3v) is 5.09. The summed E-state index contributed by atoms with van der Waals surface area (Å²) in [5, 5.41) is 8.80. The predicted octanol–water partition coefficient (Wildman–Crippen LogP) is 4.65. The summed E-state index contributed by atoms with van der Waals surface area (Å²) in [6.45, 7) is 3.93. The Kier molecular flexibility index (Phi) is 5.39. The molecule has 2 heterocycles. The summed E-state index contributed by atoms with van der Waals surface area (Å²) >= 11 is 0. The Morgan fingerprint density at radius 3 is 2.43 bits per heavy atom. The quantitative estimate of drug-likeness (QED) is 0.458. The van der Waals surface area contributed by atoms with Crippen LogP contribution >= 0.6 is 0 Å². The van der Waals surface area contributed by atoms with E-state index in [9.17, 15) is 4.79 Å². The van der Waals surface area contributed by atoms with Crippen LogP contribution in [0.5, 0.6) is 0 Å². The van der Waals surface area contributed by atoms with Crippen LogP contribution < -0.4 is 0 Å². The Labute approximate surface area is 175 Å². The second-order valence-electron chi connectivity index (χ2n) is 6.87. The van der Waals surface area contributed by atoms with Gasteiger partial charge in [-0.15, -0.1) is 10.2 Å². The van der Waals surface area contributed by atoms with Gasteiger partial charge >= 0.3 is 5.97 Å². The number of carbonyl (C=O) groups is 1. The lowest BCUT2D eigenvalue weighted by Crippen LogP contribution is -2.09. The molecule has 0 amide bonds. The zero-order valence-corrected chi connectivity index (χ0v) is 17.2. The van der Waals surface area contributed by atoms with Gasteiger partial charge in [0.05, 0.1) is 24.1 Å². The molecule has 0 N–H and O–H groups in total. The van der Waals surface area contributed by atoms with Gasteiger partial charge in [-0.2, -0.15) is 0 Å². The Morgan fingerprint density at radius 1 is 0.967 bits per heavy atom. The number of benzene rings is 2. The lowest BCUT2D eigenvalue weighted by Gasteiger charge is -2.15. The van der Waals surface area contributed by atoms with E-state index in [1.165, 1.54) is 7.11 Å². The Morgan fingerprint density at radius 2 is 1.77 bits per heavy atom. The molecule has 0 radical (unpaired) electrons. The third-order valence-electron chi connectivity index (χ3n) is 5.09. The normalized spacial score (nSPS) is 10.8. The summed E-state index contributed by atoms with van der Waals surface area (Å²) in [5.74, 6) is 1.13. The van der Waals surface area contributed by atoms with E-state index in [2.05, 4.69) is 15.2 Å². The van der Waals surface area contributed by atoms with Crippen molar-refractivity contribution in [1.29, 1.82) is 0 Å². The maximum atomic E-state index is 12.2. The van der Waals surface area contributed by atoms with Gasteiger partial charge in [0.1, 0.15) is 5.82 Å². The molecule has 0 saturated heterocycles. The van der Waals surface area contributed by atoms with Crippen molar-refractivity contribution < 1.29 is 9.53 Å². The van der Waals surface area contributed by atoms with Crippen molar-refractivity contribution >= 4 is 5.97 Å². The summed E-state index contributed by atoms with van der Waals surface area (Å²) in [7, 11) is 1.38. The first-order valence-corrected chi connectivity index (χ1v) is 9.78. The highest BCUT2D eigenvalue weighted by Gasteiger charge is 2.19. The number of rotatable bonds is 5. The number of hydrogen-bond donors (Lipinski definition) is 0. The highest BCUT2D eigenvalue weighted by molar-refractivity contribution is 5.92. The molecule has 0 fully saturated rings. The van der Waals surface area contributed by atoms with Gasteiger partial charge in [-0.3, -0.25) is 9.55 Å². The van der Waals surface area contributed by atoms with Crippen LogP contribution in [0.25, 0.3) is 28.3 Å². The Balaban J connectivity index is 1.81. The van der Waals surface area contributed by atoms with E-state index in [-0.39, 0.29) is 5.97 Å². The molecule has 30 heavy (non-hydrogen) atoms. The SMILES string of the molecule is CCc1nnc(-c2ccc(-c3ccccc3)nc2)n1-c1cccc(C(=O)OC)c1C. The third kappa shape index (κ3) is 3.48. The molecule has 4 rings (SSSR count). The van der Waals surface area contributed by atoms with Crippen molar-refractivity contribution in [2.75, 3.05) is 7.11 Å². The fourth-order valence-electron chi connectivity index (χ4n) is 3.49. The summed E-state index contributed by atoms with van der Waals surface area (Å²) in [6.07, 6.45) is 2.51. The number of carbonyl (C=O) groups excluding carboxylic acids is 1. The molecule has 0 atom stereocenters. The molecule has 4 aromatic rings. The molecule has 0 spiro atoms. The Hall–Kier alpha value is -3.80. The van der Waals surface area contributed by atoms with Crippen molar-refractivity contribution in [3.63, 3.8) is 0 Å². The number of aryl methyl sites for hydroxylation is 1. The van der Waals surface area contributed by atoms with E-state index in [4.69, 9.17) is 4.74 Å². The first kappa shape index (κ1) is 19.5. The molecule has 0 aliphatic rings. The van der Waals surface area contributed by atoms with Gasteiger partial charge in [0.15, 0.2) is 5.82 Å². The van der Waals surface area contributed by atoms with Gasteiger partial charge in [0.25, 0.3) is 0 Å². The van der Waals surface area contributed by atoms with E-state index in [1.807, 2.05) is 79.2 Å². The summed E-state index contributed by atoms with van der Waals surface area (Å²) < 4.78 is 6.91. The van der Waals surface area contributed by atoms with E-state index in [0.29, 0.717) is 17.8 Å². The molecule has 0 unspecified atom stereocenters. The highest BCUT2D eigenvalue weighted by atomic mass is 16.5. The molecule has 0 saturated carbocycles. The summed E-state index contributed by atoms with van der Waals surface area (Å²) in [6, 6.07) is 19.6. The van der Waals surface area contributed by atoms with E-state index < -0.39 is 0 Å². The molecule has 6 heteroatoms. The van der Waals surface area contributed by atoms with Crippen molar-refractivity contribution in [3.8, 4) is 28.3 Å². The van der Waals surface area contributed by atoms with Crippen LogP contribution in [0.15, 0.2) is 66.9 Å². The lowest BCUT2D eigenvalue weighted by molar-refractivity contribution is 0.0600. The molecular formula is C24H22N4O2. The first-order chi connectivity index (χ1) is 14.6. The number of aromatic nitrogens is 4. The lowest BCUT2D eigenvalue weighted by atomic mass is 10.1. The topological polar surface area (TPSA) is 69.9 Å². The van der Waals surface area contributed by atoms with Crippen molar-refractivity contribution in [2.45, 2.75) is 20.3 Å². The van der Waals surface area contributed by atoms with Gasteiger partial charge < -0.3 is 4.74 Å². The predicted molar refractivity (Wildman–Crippen MR) is 115 cm³/mol. The molecule has 0 aliphatic carbocycles. The molecular weight excluding hydrogens is 376 g/mol. The fraction of sp³-hybridized carbons (Fsp3) is 0.167. The van der Waals surface area contributed by atoms with Crippen LogP contribution in [-0.2, 0) is 11.2 Å². The minimum Gasteiger partial charge on any atom is -0.465 e. The number of ether oxygens (including phenoxy) is 1. The second kappa shape index (κ2) is 8.29. The van der Waals surface area contributed by atoms with Crippen LogP contribution in [0.4, 0.5) is 0 Å². The number of pyridine rings is 1. The molecule has 6 nitrogen and oxygen atoms in total. The van der Waals surface area contributed by atoms with Crippen molar-refractivity contribution in [1.82, 2.24) is 19.7 Å². The monoisotopic (exact) mass is 398 g/mol. The standard InChI is InChI=1S/C24H22N4O2/c1-4-22-26-27-23(18-13-14-20(25-15-18)17-9-6-5-7-10-17)28(22)21-12-8-11-19(16(21)2)24(29)30-3/h5-15H,4H2,1-3H3. The number of nitrogens with zero attached hydrogens (tertiary/aromatic N) is 4. The zero-order chi connectivity index (χ0) is 21.1. The smallest absolute Gasteiger partial charge is 0.338 e. The zero-order valence-electron chi connectivity index (χ0n) is 17.2. The molecule has 0 bridgehead atoms. The number of esters is 1. The van der Waals surface area contributed by atoms with Crippen molar-refractivity contribution in [2.24, 2.45) is 0 Å². The van der Waals surface area contributed by atoms with Crippen molar-refractivity contribution in [3.05, 3.63) is 83.8 Å². The highest BCUT2D eigenvalue weighted by Crippen LogP contribution is 2.28. The van der Waals surface area contributed by atoms with Crippen LogP contribution in [0.3, 0.4) is 0 Å². The van der Waals surface area contributed by atoms with Crippen LogP contribution in [0, 0.1) is 6.92 Å². The molecule has 0 aliphatic heterocycles. The molecule has 150 valence electrons. The summed E-state index contributed by atoms with van der Waals surface area (Å²) in [5.41, 5.74) is 4.99.